The summed E-state index contributed by atoms with van der Waals surface area (Å²) in [5.41, 5.74) is 1.34. The van der Waals surface area contributed by atoms with E-state index in [4.69, 9.17) is 0 Å². The third-order valence-corrected chi connectivity index (χ3v) is 4.62. The van der Waals surface area contributed by atoms with Crippen LogP contribution in [-0.2, 0) is 4.79 Å². The van der Waals surface area contributed by atoms with Gasteiger partial charge in [-0.15, -0.1) is 0 Å². The van der Waals surface area contributed by atoms with Gasteiger partial charge < -0.3 is 10.2 Å². The Morgan fingerprint density at radius 2 is 2.00 bits per heavy atom. The maximum atomic E-state index is 13.5. The Morgan fingerprint density at radius 1 is 1.22 bits per heavy atom. The van der Waals surface area contributed by atoms with Gasteiger partial charge in [-0.1, -0.05) is 37.6 Å². The predicted molar refractivity (Wildman–Crippen MR) is 104 cm³/mol. The quantitative estimate of drug-likeness (QED) is 0.838. The molecule has 6 heteroatoms. The van der Waals surface area contributed by atoms with Gasteiger partial charge in [0.25, 0.3) is 0 Å². The Morgan fingerprint density at radius 3 is 2.70 bits per heavy atom. The second kappa shape index (κ2) is 8.66. The van der Waals surface area contributed by atoms with Gasteiger partial charge in [-0.2, -0.15) is 0 Å². The zero-order valence-electron chi connectivity index (χ0n) is 15.4. The van der Waals surface area contributed by atoms with Crippen molar-refractivity contribution in [1.82, 2.24) is 5.32 Å². The highest BCUT2D eigenvalue weighted by molar-refractivity contribution is 5.98. The first-order valence-corrected chi connectivity index (χ1v) is 9.27. The molecular weight excluding hydrogens is 345 g/mol. The van der Waals surface area contributed by atoms with E-state index in [0.717, 1.165) is 18.5 Å². The Hall–Kier alpha value is -2.89. The van der Waals surface area contributed by atoms with Crippen molar-refractivity contribution in [2.75, 3.05) is 22.9 Å². The molecule has 0 bridgehead atoms. The van der Waals surface area contributed by atoms with E-state index in [1.807, 2.05) is 30.3 Å². The summed E-state index contributed by atoms with van der Waals surface area (Å²) in [7, 11) is 0. The number of nitrogens with one attached hydrogen (secondary N) is 1. The summed E-state index contributed by atoms with van der Waals surface area (Å²) in [5.74, 6) is -0.506. The summed E-state index contributed by atoms with van der Waals surface area (Å²) in [6.45, 7) is 3.03. The van der Waals surface area contributed by atoms with Gasteiger partial charge in [0.05, 0.1) is 6.04 Å². The molecule has 1 atom stereocenters. The lowest BCUT2D eigenvalue weighted by Gasteiger charge is -2.25. The highest BCUT2D eigenvalue weighted by Crippen LogP contribution is 2.23. The number of nitrogens with zero attached hydrogens (tertiary/aromatic N) is 2. The van der Waals surface area contributed by atoms with Gasteiger partial charge in [0.1, 0.15) is 5.82 Å². The van der Waals surface area contributed by atoms with Crippen LogP contribution in [0.25, 0.3) is 0 Å². The van der Waals surface area contributed by atoms with E-state index in [1.165, 1.54) is 17.0 Å². The van der Waals surface area contributed by atoms with Crippen LogP contribution in [0, 0.1) is 5.82 Å². The minimum atomic E-state index is -0.386. The number of unbranched alkanes of at least 4 members (excludes halogenated alkanes) is 1. The van der Waals surface area contributed by atoms with Crippen LogP contribution < -0.4 is 15.1 Å². The molecule has 1 saturated heterocycles. The Kier molecular flexibility index (Phi) is 6.06. The van der Waals surface area contributed by atoms with Gasteiger partial charge in [0.15, 0.2) is 0 Å². The molecule has 0 saturated carbocycles. The number of halogens is 1. The van der Waals surface area contributed by atoms with Gasteiger partial charge >= 0.3 is 6.03 Å². The SMILES string of the molecule is CCCCN(C(=O)N[C@@H]1CC(=O)N(c2cccc(F)c2)C1)c1ccccc1. The second-order valence-corrected chi connectivity index (χ2v) is 6.68. The number of anilines is 2. The van der Waals surface area contributed by atoms with E-state index in [9.17, 15) is 14.0 Å². The van der Waals surface area contributed by atoms with Crippen LogP contribution >= 0.6 is 0 Å². The van der Waals surface area contributed by atoms with Crippen molar-refractivity contribution in [2.45, 2.75) is 32.2 Å². The average molecular weight is 369 g/mol. The average Bonchev–Trinajstić information content (AvgIpc) is 3.03. The minimum absolute atomic E-state index is 0.120. The standard InChI is InChI=1S/C21H24FN3O2/c1-2-3-12-24(18-9-5-4-6-10-18)21(27)23-17-14-20(26)25(15-17)19-11-7-8-16(22)13-19/h4-11,13,17H,2-3,12,14-15H2,1H3,(H,23,27)/t17-/m1/s1. The van der Waals surface area contributed by atoms with Crippen LogP contribution in [0.1, 0.15) is 26.2 Å². The molecule has 0 aliphatic carbocycles. The van der Waals surface area contributed by atoms with E-state index in [0.29, 0.717) is 18.8 Å². The number of hydrogen-bond donors (Lipinski definition) is 1. The Bertz CT molecular complexity index is 797. The highest BCUT2D eigenvalue weighted by Gasteiger charge is 2.32. The van der Waals surface area contributed by atoms with Crippen LogP contribution in [0.4, 0.5) is 20.6 Å². The molecule has 0 aromatic heterocycles. The van der Waals surface area contributed by atoms with Crippen molar-refractivity contribution in [3.05, 3.63) is 60.4 Å². The highest BCUT2D eigenvalue weighted by atomic mass is 19.1. The first-order chi connectivity index (χ1) is 13.1. The fourth-order valence-electron chi connectivity index (χ4n) is 3.22. The number of hydrogen-bond acceptors (Lipinski definition) is 2. The lowest BCUT2D eigenvalue weighted by Crippen LogP contribution is -2.46. The molecule has 0 spiro atoms. The number of urea groups is 1. The second-order valence-electron chi connectivity index (χ2n) is 6.68. The summed E-state index contributed by atoms with van der Waals surface area (Å²) in [4.78, 5) is 28.4. The van der Waals surface area contributed by atoms with Crippen molar-refractivity contribution in [1.29, 1.82) is 0 Å². The summed E-state index contributed by atoms with van der Waals surface area (Å²) in [5, 5.41) is 2.96. The molecule has 0 unspecified atom stereocenters. The molecule has 1 aliphatic heterocycles. The summed E-state index contributed by atoms with van der Waals surface area (Å²) in [6.07, 6.45) is 2.08. The molecule has 0 radical (unpaired) electrons. The molecule has 1 fully saturated rings. The van der Waals surface area contributed by atoms with E-state index in [-0.39, 0.29) is 30.2 Å². The van der Waals surface area contributed by atoms with E-state index in [1.54, 1.807) is 17.0 Å². The molecule has 5 nitrogen and oxygen atoms in total. The maximum absolute atomic E-state index is 13.5. The minimum Gasteiger partial charge on any atom is -0.333 e. The molecule has 3 rings (SSSR count). The molecule has 1 N–H and O–H groups in total. The van der Waals surface area contributed by atoms with E-state index >= 15 is 0 Å². The van der Waals surface area contributed by atoms with Gasteiger partial charge in [-0.25, -0.2) is 9.18 Å². The molecule has 27 heavy (non-hydrogen) atoms. The number of rotatable bonds is 6. The van der Waals surface area contributed by atoms with E-state index < -0.39 is 0 Å². The number of amides is 3. The number of carbonyl (C=O) groups excluding carboxylic acids is 2. The molecular formula is C21H24FN3O2. The first-order valence-electron chi connectivity index (χ1n) is 9.27. The van der Waals surface area contributed by atoms with Crippen LogP contribution in [0.2, 0.25) is 0 Å². The summed E-state index contributed by atoms with van der Waals surface area (Å²) >= 11 is 0. The van der Waals surface area contributed by atoms with Crippen molar-refractivity contribution in [2.24, 2.45) is 0 Å². The van der Waals surface area contributed by atoms with Crippen molar-refractivity contribution >= 4 is 23.3 Å². The van der Waals surface area contributed by atoms with Gasteiger partial charge in [0, 0.05) is 30.9 Å². The van der Waals surface area contributed by atoms with Crippen LogP contribution in [0.3, 0.4) is 0 Å². The zero-order valence-corrected chi connectivity index (χ0v) is 15.4. The molecule has 3 amide bonds. The van der Waals surface area contributed by atoms with Crippen molar-refractivity contribution < 1.29 is 14.0 Å². The summed E-state index contributed by atoms with van der Waals surface area (Å²) in [6, 6.07) is 14.9. The summed E-state index contributed by atoms with van der Waals surface area (Å²) < 4.78 is 13.5. The van der Waals surface area contributed by atoms with Gasteiger partial charge in [-0.05, 0) is 36.8 Å². The Balaban J connectivity index is 1.68. The molecule has 142 valence electrons. The smallest absolute Gasteiger partial charge is 0.322 e. The van der Waals surface area contributed by atoms with Crippen LogP contribution in [-0.4, -0.2) is 31.1 Å². The van der Waals surface area contributed by atoms with Crippen LogP contribution in [0.15, 0.2) is 54.6 Å². The third-order valence-electron chi connectivity index (χ3n) is 4.62. The van der Waals surface area contributed by atoms with E-state index in [2.05, 4.69) is 12.2 Å². The molecule has 2 aromatic carbocycles. The monoisotopic (exact) mass is 369 g/mol. The number of benzene rings is 2. The largest absolute Gasteiger partial charge is 0.333 e. The fourth-order valence-corrected chi connectivity index (χ4v) is 3.22. The maximum Gasteiger partial charge on any atom is 0.322 e. The molecule has 1 heterocycles. The number of carbonyl (C=O) groups is 2. The number of para-hydroxylation sites is 1. The molecule has 2 aromatic rings. The topological polar surface area (TPSA) is 52.7 Å². The molecule has 1 aliphatic rings. The lowest BCUT2D eigenvalue weighted by atomic mass is 10.2. The lowest BCUT2D eigenvalue weighted by molar-refractivity contribution is -0.117. The van der Waals surface area contributed by atoms with Crippen LogP contribution in [0.5, 0.6) is 0 Å². The predicted octanol–water partition coefficient (Wildman–Crippen LogP) is 3.95. The van der Waals surface area contributed by atoms with Crippen molar-refractivity contribution in [3.63, 3.8) is 0 Å². The van der Waals surface area contributed by atoms with Gasteiger partial charge in [0.2, 0.25) is 5.91 Å². The zero-order chi connectivity index (χ0) is 19.2. The van der Waals surface area contributed by atoms with Gasteiger partial charge in [-0.3, -0.25) is 9.69 Å². The third kappa shape index (κ3) is 4.64. The Labute approximate surface area is 158 Å². The normalized spacial score (nSPS) is 16.4. The van der Waals surface area contributed by atoms with Crippen molar-refractivity contribution in [3.8, 4) is 0 Å². The fraction of sp³-hybridized carbons (Fsp3) is 0.333. The first kappa shape index (κ1) is 18.9.